The number of methoxy groups -OCH3 is 1. The van der Waals surface area contributed by atoms with E-state index >= 15 is 0 Å². The van der Waals surface area contributed by atoms with Crippen molar-refractivity contribution < 1.29 is 14.3 Å². The summed E-state index contributed by atoms with van der Waals surface area (Å²) in [7, 11) is 1.65. The van der Waals surface area contributed by atoms with Gasteiger partial charge in [0.25, 0.3) is 5.91 Å². The van der Waals surface area contributed by atoms with Gasteiger partial charge in [-0.1, -0.05) is 12.1 Å². The highest BCUT2D eigenvalue weighted by Gasteiger charge is 2.16. The van der Waals surface area contributed by atoms with E-state index in [1.807, 2.05) is 25.1 Å². The van der Waals surface area contributed by atoms with Gasteiger partial charge in [-0.25, -0.2) is 0 Å². The van der Waals surface area contributed by atoms with Gasteiger partial charge in [-0.3, -0.25) is 4.79 Å². The van der Waals surface area contributed by atoms with Crippen molar-refractivity contribution in [2.45, 2.75) is 20.0 Å². The number of hydrogen-bond donors (Lipinski definition) is 1. The standard InChI is InChI=1S/C17H21NO3S/c1-4-21-14-8-6-5-7-13(14)17(19)18-11-15(20-3)16-10-9-12(2)22-16/h5-10,15H,4,11H2,1-3H3,(H,18,19). The van der Waals surface area contributed by atoms with E-state index in [0.29, 0.717) is 24.5 Å². The minimum atomic E-state index is -0.153. The number of para-hydroxylation sites is 1. The fourth-order valence-electron chi connectivity index (χ4n) is 2.14. The molecule has 1 aromatic carbocycles. The van der Waals surface area contributed by atoms with Crippen molar-refractivity contribution >= 4 is 17.2 Å². The number of carbonyl (C=O) groups excluding carboxylic acids is 1. The number of aryl methyl sites for hydroxylation is 1. The second-order valence-electron chi connectivity index (χ2n) is 4.81. The predicted molar refractivity (Wildman–Crippen MR) is 88.8 cm³/mol. The quantitative estimate of drug-likeness (QED) is 0.848. The molecule has 2 aromatic rings. The van der Waals surface area contributed by atoms with Gasteiger partial charge in [0.2, 0.25) is 0 Å². The predicted octanol–water partition coefficient (Wildman–Crippen LogP) is 3.57. The molecular formula is C17H21NO3S. The normalized spacial score (nSPS) is 12.0. The van der Waals surface area contributed by atoms with Crippen LogP contribution in [-0.4, -0.2) is 26.2 Å². The molecule has 22 heavy (non-hydrogen) atoms. The molecule has 1 atom stereocenters. The average Bonchev–Trinajstić information content (AvgIpc) is 2.95. The van der Waals surface area contributed by atoms with Crippen molar-refractivity contribution in [2.24, 2.45) is 0 Å². The molecule has 2 rings (SSSR count). The zero-order valence-corrected chi connectivity index (χ0v) is 13.9. The number of benzene rings is 1. The van der Waals surface area contributed by atoms with E-state index in [4.69, 9.17) is 9.47 Å². The summed E-state index contributed by atoms with van der Waals surface area (Å²) in [5.74, 6) is 0.447. The van der Waals surface area contributed by atoms with Crippen LogP contribution in [0.3, 0.4) is 0 Å². The van der Waals surface area contributed by atoms with E-state index in [1.54, 1.807) is 30.6 Å². The van der Waals surface area contributed by atoms with E-state index in [0.717, 1.165) is 4.88 Å². The molecule has 0 saturated carbocycles. The molecule has 1 unspecified atom stereocenters. The molecule has 4 nitrogen and oxygen atoms in total. The summed E-state index contributed by atoms with van der Waals surface area (Å²) in [6, 6.07) is 11.3. The molecule has 5 heteroatoms. The number of thiophene rings is 1. The van der Waals surface area contributed by atoms with Crippen molar-refractivity contribution in [3.8, 4) is 5.75 Å². The Balaban J connectivity index is 2.02. The van der Waals surface area contributed by atoms with Crippen LogP contribution in [-0.2, 0) is 4.74 Å². The third kappa shape index (κ3) is 4.08. The Bertz CT molecular complexity index is 624. The Morgan fingerprint density at radius 2 is 2.05 bits per heavy atom. The molecule has 0 aliphatic heterocycles. The lowest BCUT2D eigenvalue weighted by Crippen LogP contribution is -2.29. The number of rotatable bonds is 7. The lowest BCUT2D eigenvalue weighted by atomic mass is 10.2. The maximum atomic E-state index is 12.4. The van der Waals surface area contributed by atoms with Gasteiger partial charge in [-0.05, 0) is 38.1 Å². The Hall–Kier alpha value is -1.85. The van der Waals surface area contributed by atoms with Gasteiger partial charge in [-0.15, -0.1) is 11.3 Å². The average molecular weight is 319 g/mol. The topological polar surface area (TPSA) is 47.6 Å². The van der Waals surface area contributed by atoms with Crippen LogP contribution in [0.15, 0.2) is 36.4 Å². The molecule has 118 valence electrons. The number of carbonyl (C=O) groups is 1. The second-order valence-corrected chi connectivity index (χ2v) is 6.13. The maximum Gasteiger partial charge on any atom is 0.255 e. The van der Waals surface area contributed by atoms with E-state index in [1.165, 1.54) is 4.88 Å². The summed E-state index contributed by atoms with van der Waals surface area (Å²) in [6.45, 7) is 4.90. The smallest absolute Gasteiger partial charge is 0.255 e. The Labute approximate surface area is 135 Å². The van der Waals surface area contributed by atoms with Gasteiger partial charge in [-0.2, -0.15) is 0 Å². The summed E-state index contributed by atoms with van der Waals surface area (Å²) in [5.41, 5.74) is 0.543. The summed E-state index contributed by atoms with van der Waals surface area (Å²) >= 11 is 1.68. The summed E-state index contributed by atoms with van der Waals surface area (Å²) in [6.07, 6.45) is -0.137. The highest BCUT2D eigenvalue weighted by molar-refractivity contribution is 7.12. The third-order valence-electron chi connectivity index (χ3n) is 3.24. The first-order chi connectivity index (χ1) is 10.7. The second kappa shape index (κ2) is 7.96. The molecule has 1 aromatic heterocycles. The number of amides is 1. The molecule has 1 amide bonds. The van der Waals surface area contributed by atoms with Crippen LogP contribution < -0.4 is 10.1 Å². The zero-order valence-electron chi connectivity index (χ0n) is 13.1. The van der Waals surface area contributed by atoms with Crippen molar-refractivity contribution in [3.63, 3.8) is 0 Å². The SMILES string of the molecule is CCOc1ccccc1C(=O)NCC(OC)c1ccc(C)s1. The van der Waals surface area contributed by atoms with Gasteiger partial charge < -0.3 is 14.8 Å². The molecular weight excluding hydrogens is 298 g/mol. The first kappa shape index (κ1) is 16.5. The Morgan fingerprint density at radius 3 is 2.68 bits per heavy atom. The minimum Gasteiger partial charge on any atom is -0.493 e. The molecule has 0 radical (unpaired) electrons. The monoisotopic (exact) mass is 319 g/mol. The van der Waals surface area contributed by atoms with E-state index in [2.05, 4.69) is 18.3 Å². The van der Waals surface area contributed by atoms with Crippen LogP contribution in [0.2, 0.25) is 0 Å². The largest absolute Gasteiger partial charge is 0.493 e. The van der Waals surface area contributed by atoms with E-state index < -0.39 is 0 Å². The highest BCUT2D eigenvalue weighted by atomic mass is 32.1. The maximum absolute atomic E-state index is 12.4. The Morgan fingerprint density at radius 1 is 1.27 bits per heavy atom. The molecule has 0 aliphatic rings. The first-order valence-electron chi connectivity index (χ1n) is 7.24. The number of hydrogen-bond acceptors (Lipinski definition) is 4. The zero-order chi connectivity index (χ0) is 15.9. The summed E-state index contributed by atoms with van der Waals surface area (Å²) < 4.78 is 11.0. The summed E-state index contributed by atoms with van der Waals surface area (Å²) in [5, 5.41) is 2.92. The lowest BCUT2D eigenvalue weighted by Gasteiger charge is -2.15. The summed E-state index contributed by atoms with van der Waals surface area (Å²) in [4.78, 5) is 14.7. The van der Waals surface area contributed by atoms with Crippen LogP contribution in [0, 0.1) is 6.92 Å². The van der Waals surface area contributed by atoms with Crippen LogP contribution in [0.1, 0.15) is 33.1 Å². The van der Waals surface area contributed by atoms with Gasteiger partial charge in [0.05, 0.1) is 12.2 Å². The van der Waals surface area contributed by atoms with Gasteiger partial charge in [0.1, 0.15) is 11.9 Å². The molecule has 0 spiro atoms. The minimum absolute atomic E-state index is 0.137. The van der Waals surface area contributed by atoms with E-state index in [9.17, 15) is 4.79 Å². The lowest BCUT2D eigenvalue weighted by molar-refractivity contribution is 0.0835. The van der Waals surface area contributed by atoms with Crippen molar-refractivity contribution in [2.75, 3.05) is 20.3 Å². The van der Waals surface area contributed by atoms with E-state index in [-0.39, 0.29) is 12.0 Å². The molecule has 0 fully saturated rings. The van der Waals surface area contributed by atoms with Crippen molar-refractivity contribution in [1.29, 1.82) is 0 Å². The molecule has 1 heterocycles. The highest BCUT2D eigenvalue weighted by Crippen LogP contribution is 2.25. The Kier molecular flexibility index (Phi) is 5.98. The fourth-order valence-corrected chi connectivity index (χ4v) is 3.10. The first-order valence-corrected chi connectivity index (χ1v) is 8.06. The number of ether oxygens (including phenoxy) is 2. The van der Waals surface area contributed by atoms with Crippen LogP contribution in [0.5, 0.6) is 5.75 Å². The molecule has 0 saturated heterocycles. The molecule has 0 bridgehead atoms. The van der Waals surface area contributed by atoms with Gasteiger partial charge >= 0.3 is 0 Å². The van der Waals surface area contributed by atoms with Crippen LogP contribution in [0.25, 0.3) is 0 Å². The third-order valence-corrected chi connectivity index (χ3v) is 4.34. The van der Waals surface area contributed by atoms with Crippen LogP contribution in [0.4, 0.5) is 0 Å². The van der Waals surface area contributed by atoms with Gasteiger partial charge in [0.15, 0.2) is 0 Å². The fraction of sp³-hybridized carbons (Fsp3) is 0.353. The number of nitrogens with one attached hydrogen (secondary N) is 1. The van der Waals surface area contributed by atoms with Crippen LogP contribution >= 0.6 is 11.3 Å². The van der Waals surface area contributed by atoms with Crippen molar-refractivity contribution in [3.05, 3.63) is 51.7 Å². The van der Waals surface area contributed by atoms with Gasteiger partial charge in [0, 0.05) is 23.4 Å². The van der Waals surface area contributed by atoms with Crippen molar-refractivity contribution in [1.82, 2.24) is 5.32 Å². The molecule has 0 aliphatic carbocycles. The molecule has 1 N–H and O–H groups in total.